The minimum absolute atomic E-state index is 0.104. The largest absolute Gasteiger partial charge is 0.496 e. The van der Waals surface area contributed by atoms with Crippen LogP contribution in [-0.2, 0) is 17.8 Å². The Morgan fingerprint density at radius 3 is 2.48 bits per heavy atom. The molecule has 0 atom stereocenters. The number of rotatable bonds is 6. The van der Waals surface area contributed by atoms with Gasteiger partial charge in [0.2, 0.25) is 5.91 Å². The molecule has 0 saturated heterocycles. The van der Waals surface area contributed by atoms with Crippen molar-refractivity contribution in [2.75, 3.05) is 32.7 Å². The summed E-state index contributed by atoms with van der Waals surface area (Å²) in [6.45, 7) is 4.59. The normalized spacial score (nSPS) is 12.7. The number of hydrogen-bond acceptors (Lipinski definition) is 4. The lowest BCUT2D eigenvalue weighted by Crippen LogP contribution is -2.34. The van der Waals surface area contributed by atoms with Gasteiger partial charge >= 0.3 is 0 Å². The first kappa shape index (κ1) is 20.5. The highest BCUT2D eigenvalue weighted by Crippen LogP contribution is 2.31. The first-order chi connectivity index (χ1) is 14.0. The van der Waals surface area contributed by atoms with Gasteiger partial charge in [0.1, 0.15) is 11.5 Å². The van der Waals surface area contributed by atoms with E-state index in [0.717, 1.165) is 29.7 Å². The monoisotopic (exact) mass is 394 g/mol. The van der Waals surface area contributed by atoms with E-state index >= 15 is 0 Å². The van der Waals surface area contributed by atoms with Crippen LogP contribution in [0.3, 0.4) is 0 Å². The third-order valence-corrected chi connectivity index (χ3v) is 5.16. The zero-order chi connectivity index (χ0) is 21.0. The molecule has 0 aliphatic carbocycles. The fourth-order valence-electron chi connectivity index (χ4n) is 3.68. The topological polar surface area (TPSA) is 59.1 Å². The number of methoxy groups -OCH3 is 2. The first-order valence-corrected chi connectivity index (χ1v) is 9.52. The molecule has 2 aromatic rings. The average molecular weight is 394 g/mol. The molecule has 6 nitrogen and oxygen atoms in total. The maximum atomic E-state index is 13.1. The molecule has 0 bridgehead atoms. The molecule has 29 heavy (non-hydrogen) atoms. The number of fused-ring (bicyclic) bond motifs is 1. The molecule has 6 heteroatoms. The molecule has 0 radical (unpaired) electrons. The summed E-state index contributed by atoms with van der Waals surface area (Å²) in [6.07, 6.45) is 3.02. The molecule has 0 N–H and O–H groups in total. The summed E-state index contributed by atoms with van der Waals surface area (Å²) in [4.78, 5) is 28.5. The third kappa shape index (κ3) is 4.11. The molecule has 0 aromatic heterocycles. The number of ether oxygens (including phenoxy) is 2. The standard InChI is InChI=1S/C23H26N2O4/c1-5-22(26)25-13-7-8-16-14-17(11-12-19(16)25)23(27)24(2)15-18-20(28-3)9-6-10-21(18)29-4/h5-6,9-12,14H,1,7-8,13,15H2,2-4H3. The highest BCUT2D eigenvalue weighted by Gasteiger charge is 2.23. The Hall–Kier alpha value is -3.28. The van der Waals surface area contributed by atoms with E-state index in [-0.39, 0.29) is 11.8 Å². The summed E-state index contributed by atoms with van der Waals surface area (Å²) in [7, 11) is 4.95. The van der Waals surface area contributed by atoms with Gasteiger partial charge in [0.25, 0.3) is 5.91 Å². The average Bonchev–Trinajstić information content (AvgIpc) is 2.77. The van der Waals surface area contributed by atoms with Gasteiger partial charge in [0.05, 0.1) is 26.3 Å². The molecule has 1 aliphatic rings. The van der Waals surface area contributed by atoms with E-state index < -0.39 is 0 Å². The molecule has 0 fully saturated rings. The van der Waals surface area contributed by atoms with Crippen molar-refractivity contribution in [2.24, 2.45) is 0 Å². The van der Waals surface area contributed by atoms with E-state index in [1.165, 1.54) is 6.08 Å². The van der Waals surface area contributed by atoms with Crippen molar-refractivity contribution in [1.29, 1.82) is 0 Å². The lowest BCUT2D eigenvalue weighted by Gasteiger charge is -2.29. The zero-order valence-corrected chi connectivity index (χ0v) is 17.1. The Balaban J connectivity index is 1.84. The number of carbonyl (C=O) groups is 2. The molecular weight excluding hydrogens is 368 g/mol. The van der Waals surface area contributed by atoms with Gasteiger partial charge in [-0.15, -0.1) is 0 Å². The van der Waals surface area contributed by atoms with Gasteiger partial charge in [-0.1, -0.05) is 12.6 Å². The van der Waals surface area contributed by atoms with Crippen molar-refractivity contribution >= 4 is 17.5 Å². The van der Waals surface area contributed by atoms with Crippen LogP contribution in [0.25, 0.3) is 0 Å². The molecule has 0 spiro atoms. The quantitative estimate of drug-likeness (QED) is 0.705. The molecular formula is C23H26N2O4. The number of aryl methyl sites for hydroxylation is 1. The van der Waals surface area contributed by atoms with Crippen molar-refractivity contribution in [3.8, 4) is 11.5 Å². The molecule has 152 valence electrons. The Kier molecular flexibility index (Phi) is 6.22. The van der Waals surface area contributed by atoms with Gasteiger partial charge in [0.15, 0.2) is 0 Å². The Morgan fingerprint density at radius 1 is 1.17 bits per heavy atom. The number of hydrogen-bond donors (Lipinski definition) is 0. The number of amides is 2. The van der Waals surface area contributed by atoms with Gasteiger partial charge in [-0.2, -0.15) is 0 Å². The van der Waals surface area contributed by atoms with Crippen LogP contribution in [0.4, 0.5) is 5.69 Å². The molecule has 1 heterocycles. The van der Waals surface area contributed by atoms with Crippen molar-refractivity contribution in [1.82, 2.24) is 4.90 Å². The Bertz CT molecular complexity index is 916. The number of benzene rings is 2. The molecule has 0 unspecified atom stereocenters. The lowest BCUT2D eigenvalue weighted by atomic mass is 9.98. The maximum Gasteiger partial charge on any atom is 0.253 e. The number of carbonyl (C=O) groups excluding carboxylic acids is 2. The first-order valence-electron chi connectivity index (χ1n) is 9.52. The minimum atomic E-state index is -0.120. The smallest absolute Gasteiger partial charge is 0.253 e. The van der Waals surface area contributed by atoms with Crippen molar-refractivity contribution in [2.45, 2.75) is 19.4 Å². The molecule has 0 saturated carbocycles. The van der Waals surface area contributed by atoms with Crippen molar-refractivity contribution in [3.63, 3.8) is 0 Å². The van der Waals surface area contributed by atoms with E-state index in [1.54, 1.807) is 37.1 Å². The summed E-state index contributed by atoms with van der Waals surface area (Å²) in [5.41, 5.74) is 3.26. The summed E-state index contributed by atoms with van der Waals surface area (Å²) < 4.78 is 10.9. The second kappa shape index (κ2) is 8.82. The second-order valence-corrected chi connectivity index (χ2v) is 6.94. The highest BCUT2D eigenvalue weighted by molar-refractivity contribution is 6.02. The van der Waals surface area contributed by atoms with E-state index in [4.69, 9.17) is 9.47 Å². The predicted molar refractivity (Wildman–Crippen MR) is 113 cm³/mol. The highest BCUT2D eigenvalue weighted by atomic mass is 16.5. The maximum absolute atomic E-state index is 13.1. The van der Waals surface area contributed by atoms with Crippen LogP contribution in [0.2, 0.25) is 0 Å². The van der Waals surface area contributed by atoms with E-state index in [1.807, 2.05) is 30.3 Å². The lowest BCUT2D eigenvalue weighted by molar-refractivity contribution is -0.114. The summed E-state index contributed by atoms with van der Waals surface area (Å²) >= 11 is 0. The van der Waals surface area contributed by atoms with E-state index in [9.17, 15) is 9.59 Å². The van der Waals surface area contributed by atoms with E-state index in [2.05, 4.69) is 6.58 Å². The second-order valence-electron chi connectivity index (χ2n) is 6.94. The van der Waals surface area contributed by atoms with Gasteiger partial charge in [-0.25, -0.2) is 0 Å². The third-order valence-electron chi connectivity index (χ3n) is 5.16. The Labute approximate surface area is 171 Å². The fraction of sp³-hybridized carbons (Fsp3) is 0.304. The Morgan fingerprint density at radius 2 is 1.86 bits per heavy atom. The minimum Gasteiger partial charge on any atom is -0.496 e. The molecule has 3 rings (SSSR count). The van der Waals surface area contributed by atoms with Crippen LogP contribution in [0.5, 0.6) is 11.5 Å². The van der Waals surface area contributed by atoms with Crippen LogP contribution in [0, 0.1) is 0 Å². The number of anilines is 1. The predicted octanol–water partition coefficient (Wildman–Crippen LogP) is 3.44. The van der Waals surface area contributed by atoms with Crippen molar-refractivity contribution < 1.29 is 19.1 Å². The van der Waals surface area contributed by atoms with Gasteiger partial charge in [0, 0.05) is 24.8 Å². The summed E-state index contributed by atoms with van der Waals surface area (Å²) in [5.74, 6) is 1.12. The molecule has 2 aromatic carbocycles. The fourth-order valence-corrected chi connectivity index (χ4v) is 3.68. The van der Waals surface area contributed by atoms with Crippen LogP contribution < -0.4 is 14.4 Å². The SMILES string of the molecule is C=CC(=O)N1CCCc2cc(C(=O)N(C)Cc3c(OC)cccc3OC)ccc21. The zero-order valence-electron chi connectivity index (χ0n) is 17.1. The molecule has 2 amide bonds. The number of nitrogens with zero attached hydrogens (tertiary/aromatic N) is 2. The van der Waals surface area contributed by atoms with Crippen LogP contribution in [-0.4, -0.2) is 44.5 Å². The van der Waals surface area contributed by atoms with Gasteiger partial charge in [-0.05, 0) is 54.8 Å². The summed E-state index contributed by atoms with van der Waals surface area (Å²) in [6, 6.07) is 11.0. The van der Waals surface area contributed by atoms with Crippen LogP contribution in [0.1, 0.15) is 27.9 Å². The molecule has 1 aliphatic heterocycles. The van der Waals surface area contributed by atoms with Crippen LogP contribution >= 0.6 is 0 Å². The summed E-state index contributed by atoms with van der Waals surface area (Å²) in [5, 5.41) is 0. The van der Waals surface area contributed by atoms with E-state index in [0.29, 0.717) is 30.2 Å². The van der Waals surface area contributed by atoms with Crippen molar-refractivity contribution in [3.05, 3.63) is 65.7 Å². The van der Waals surface area contributed by atoms with Gasteiger partial charge in [-0.3, -0.25) is 9.59 Å². The van der Waals surface area contributed by atoms with Crippen LogP contribution in [0.15, 0.2) is 49.1 Å². The van der Waals surface area contributed by atoms with Gasteiger partial charge < -0.3 is 19.3 Å².